The fraction of sp³-hybridized carbons (Fsp3) is 0.381. The number of nitrogens with two attached hydrogens (primary N) is 1. The molecule has 1 aromatic carbocycles. The lowest BCUT2D eigenvalue weighted by Gasteiger charge is -2.46. The summed E-state index contributed by atoms with van der Waals surface area (Å²) in [7, 11) is 0. The van der Waals surface area contributed by atoms with Crippen molar-refractivity contribution in [1.29, 1.82) is 0 Å². The van der Waals surface area contributed by atoms with E-state index in [0.29, 0.717) is 24.3 Å². The van der Waals surface area contributed by atoms with Crippen LogP contribution in [0.1, 0.15) is 45.8 Å². The fourth-order valence-corrected chi connectivity index (χ4v) is 5.68. The van der Waals surface area contributed by atoms with Crippen LogP contribution in [0.3, 0.4) is 0 Å². The molecule has 2 aromatic heterocycles. The predicted molar refractivity (Wildman–Crippen MR) is 119 cm³/mol. The lowest BCUT2D eigenvalue weighted by molar-refractivity contribution is -0.129. The highest BCUT2D eigenvalue weighted by Gasteiger charge is 2.59. The van der Waals surface area contributed by atoms with Crippen LogP contribution in [0, 0.1) is 11.3 Å². The van der Waals surface area contributed by atoms with Gasteiger partial charge in [-0.2, -0.15) is 8.78 Å². The highest BCUT2D eigenvalue weighted by molar-refractivity contribution is 7.11. The summed E-state index contributed by atoms with van der Waals surface area (Å²) in [6.07, 6.45) is 2.28. The van der Waals surface area contributed by atoms with Crippen LogP contribution < -0.4 is 5.73 Å². The Morgan fingerprint density at radius 1 is 1.24 bits per heavy atom. The Balaban J connectivity index is 1.45. The molecule has 2 N–H and O–H groups in total. The van der Waals surface area contributed by atoms with Gasteiger partial charge in [0.1, 0.15) is 4.88 Å². The van der Waals surface area contributed by atoms with Crippen molar-refractivity contribution in [2.45, 2.75) is 24.7 Å². The summed E-state index contributed by atoms with van der Waals surface area (Å²) >= 11 is 12.9. The van der Waals surface area contributed by atoms with Gasteiger partial charge in [-0.1, -0.05) is 29.3 Å². The number of alkyl halides is 2. The van der Waals surface area contributed by atoms with E-state index < -0.39 is 34.6 Å². The summed E-state index contributed by atoms with van der Waals surface area (Å²) in [6, 6.07) is 3.44. The summed E-state index contributed by atoms with van der Waals surface area (Å²) in [4.78, 5) is 30.6. The quantitative estimate of drug-likeness (QED) is 0.534. The lowest BCUT2D eigenvalue weighted by atomic mass is 9.57. The van der Waals surface area contributed by atoms with Gasteiger partial charge in [0.05, 0.1) is 27.7 Å². The molecular weight excluding hydrogens is 511 g/mol. The van der Waals surface area contributed by atoms with Gasteiger partial charge in [-0.25, -0.2) is 0 Å². The first-order chi connectivity index (χ1) is 16.1. The molecule has 2 aliphatic rings. The molecule has 1 saturated heterocycles. The second-order valence-corrected chi connectivity index (χ2v) is 10.3. The molecular formula is C21H17Cl2F2N5O3S. The van der Waals surface area contributed by atoms with Crippen LogP contribution in [0.5, 0.6) is 0 Å². The van der Waals surface area contributed by atoms with Crippen LogP contribution in [0.25, 0.3) is 0 Å². The second kappa shape index (κ2) is 8.24. The molecule has 3 aromatic rings. The molecule has 3 heterocycles. The van der Waals surface area contributed by atoms with Crippen LogP contribution in [-0.2, 0) is 10.7 Å². The number of hydrogen-bond donors (Lipinski definition) is 1. The molecule has 1 aliphatic carbocycles. The molecule has 1 spiro atoms. The zero-order chi connectivity index (χ0) is 24.3. The van der Waals surface area contributed by atoms with Crippen molar-refractivity contribution in [3.8, 4) is 0 Å². The van der Waals surface area contributed by atoms with Gasteiger partial charge >= 0.3 is 5.92 Å². The smallest absolute Gasteiger partial charge is 0.349 e. The average Bonchev–Trinajstić information content (AvgIpc) is 3.52. The highest BCUT2D eigenvalue weighted by atomic mass is 35.5. The van der Waals surface area contributed by atoms with Crippen LogP contribution in [-0.4, -0.2) is 45.0 Å². The van der Waals surface area contributed by atoms with E-state index in [1.165, 1.54) is 23.6 Å². The van der Waals surface area contributed by atoms with E-state index in [1.807, 2.05) is 0 Å². The Kier molecular flexibility index (Phi) is 5.61. The zero-order valence-corrected chi connectivity index (χ0v) is 19.7. The Morgan fingerprint density at radius 3 is 2.65 bits per heavy atom. The third-order valence-electron chi connectivity index (χ3n) is 6.58. The zero-order valence-electron chi connectivity index (χ0n) is 17.4. The summed E-state index contributed by atoms with van der Waals surface area (Å²) in [6.45, 7) is 0.501. The number of primary amides is 1. The van der Waals surface area contributed by atoms with E-state index in [0.717, 1.165) is 12.1 Å². The van der Waals surface area contributed by atoms with Gasteiger partial charge in [0, 0.05) is 30.0 Å². The molecule has 13 heteroatoms. The number of benzene rings is 1. The first-order valence-electron chi connectivity index (χ1n) is 10.2. The summed E-state index contributed by atoms with van der Waals surface area (Å²) < 4.78 is 35.7. The number of amides is 2. The first-order valence-corrected chi connectivity index (χ1v) is 11.9. The van der Waals surface area contributed by atoms with Gasteiger partial charge in [0.25, 0.3) is 11.8 Å². The molecule has 178 valence electrons. The summed E-state index contributed by atoms with van der Waals surface area (Å²) in [5.41, 5.74) is 6.00. The number of hydrogen-bond acceptors (Lipinski definition) is 7. The number of carbonyl (C=O) groups excluding carboxylic acids is 2. The van der Waals surface area contributed by atoms with E-state index in [1.54, 1.807) is 10.4 Å². The first kappa shape index (κ1) is 23.1. The van der Waals surface area contributed by atoms with Crippen molar-refractivity contribution in [3.05, 3.63) is 62.2 Å². The van der Waals surface area contributed by atoms with Crippen molar-refractivity contribution in [3.63, 3.8) is 0 Å². The standard InChI is InChI=1S/C21H17Cl2F2N5O3S/c22-13-2-1-11(3-14(13)23)21(24,25)19-29-28-17(33-19)12-7-30(18(32)15-6-27-9-34-15)8-20(12)4-10(5-20)16(26)31/h1-3,6,9-10,12H,4-5,7-8H2,(H2,26,31). The van der Waals surface area contributed by atoms with Gasteiger partial charge in [0.15, 0.2) is 0 Å². The lowest BCUT2D eigenvalue weighted by Crippen LogP contribution is -2.48. The molecule has 2 amide bonds. The van der Waals surface area contributed by atoms with Gasteiger partial charge in [-0.05, 0) is 25.0 Å². The number of thiazole rings is 1. The van der Waals surface area contributed by atoms with Gasteiger partial charge in [-0.15, -0.1) is 21.5 Å². The van der Waals surface area contributed by atoms with E-state index >= 15 is 8.78 Å². The minimum atomic E-state index is -3.61. The Hall–Kier alpha value is -2.63. The molecule has 34 heavy (non-hydrogen) atoms. The number of aromatic nitrogens is 3. The molecule has 1 aliphatic heterocycles. The van der Waals surface area contributed by atoms with Crippen molar-refractivity contribution in [1.82, 2.24) is 20.1 Å². The monoisotopic (exact) mass is 527 g/mol. The molecule has 1 saturated carbocycles. The fourth-order valence-electron chi connectivity index (χ4n) is 4.79. The third-order valence-corrected chi connectivity index (χ3v) is 8.08. The van der Waals surface area contributed by atoms with Crippen LogP contribution in [0.15, 0.2) is 34.3 Å². The van der Waals surface area contributed by atoms with E-state index in [9.17, 15) is 9.59 Å². The minimum absolute atomic E-state index is 0.0164. The Bertz CT molecular complexity index is 1260. The normalized spacial score (nSPS) is 24.4. The second-order valence-electron chi connectivity index (χ2n) is 8.62. The number of carbonyl (C=O) groups is 2. The Labute approximate surface area is 206 Å². The number of halogens is 4. The van der Waals surface area contributed by atoms with Crippen molar-refractivity contribution in [2.24, 2.45) is 17.1 Å². The van der Waals surface area contributed by atoms with Crippen LogP contribution in [0.2, 0.25) is 10.0 Å². The number of nitrogens with zero attached hydrogens (tertiary/aromatic N) is 4. The molecule has 2 fully saturated rings. The highest BCUT2D eigenvalue weighted by Crippen LogP contribution is 2.58. The SMILES string of the molecule is NC(=O)C1CC2(C1)CN(C(=O)c1cncs1)CC2c1nnc(C(F)(F)c2ccc(Cl)c(Cl)c2)o1. The van der Waals surface area contributed by atoms with Crippen LogP contribution in [0.4, 0.5) is 8.78 Å². The maximum absolute atomic E-state index is 15.1. The average molecular weight is 528 g/mol. The largest absolute Gasteiger partial charge is 0.419 e. The summed E-state index contributed by atoms with van der Waals surface area (Å²) in [5.74, 6) is -6.07. The molecule has 1 unspecified atom stereocenters. The van der Waals surface area contributed by atoms with Gasteiger partial charge < -0.3 is 15.1 Å². The maximum atomic E-state index is 15.1. The molecule has 1 atom stereocenters. The van der Waals surface area contributed by atoms with E-state index in [-0.39, 0.29) is 34.3 Å². The third kappa shape index (κ3) is 3.75. The summed E-state index contributed by atoms with van der Waals surface area (Å²) in [5, 5.41) is 7.64. The van der Waals surface area contributed by atoms with Crippen LogP contribution >= 0.6 is 34.5 Å². The molecule has 5 rings (SSSR count). The Morgan fingerprint density at radius 2 is 2.00 bits per heavy atom. The van der Waals surface area contributed by atoms with E-state index in [4.69, 9.17) is 33.4 Å². The predicted octanol–water partition coefficient (Wildman–Crippen LogP) is 4.09. The van der Waals surface area contributed by atoms with E-state index in [2.05, 4.69) is 15.2 Å². The van der Waals surface area contributed by atoms with Gasteiger partial charge in [-0.3, -0.25) is 14.6 Å². The number of rotatable bonds is 5. The van der Waals surface area contributed by atoms with Crippen molar-refractivity contribution < 1.29 is 22.8 Å². The minimum Gasteiger partial charge on any atom is -0.419 e. The topological polar surface area (TPSA) is 115 Å². The molecule has 0 radical (unpaired) electrons. The maximum Gasteiger partial charge on any atom is 0.349 e. The molecule has 0 bridgehead atoms. The number of likely N-dealkylation sites (tertiary alicyclic amines) is 1. The van der Waals surface area contributed by atoms with Crippen molar-refractivity contribution in [2.75, 3.05) is 13.1 Å². The molecule has 8 nitrogen and oxygen atoms in total. The van der Waals surface area contributed by atoms with Crippen molar-refractivity contribution >= 4 is 46.4 Å². The van der Waals surface area contributed by atoms with Gasteiger partial charge in [0.2, 0.25) is 11.8 Å².